The van der Waals surface area contributed by atoms with Crippen molar-refractivity contribution in [1.29, 1.82) is 0 Å². The number of halogens is 2. The van der Waals surface area contributed by atoms with Crippen LogP contribution >= 0.6 is 24.8 Å². The summed E-state index contributed by atoms with van der Waals surface area (Å²) in [6, 6.07) is 0.992. The number of nitrogens with one attached hydrogen (secondary N) is 2. The van der Waals surface area contributed by atoms with Crippen LogP contribution in [0.3, 0.4) is 0 Å². The maximum atomic E-state index is 12.6. The Morgan fingerprint density at radius 3 is 2.71 bits per heavy atom. The predicted octanol–water partition coefficient (Wildman–Crippen LogP) is 2.11. The molecule has 21 heavy (non-hydrogen) atoms. The van der Waals surface area contributed by atoms with Crippen LogP contribution in [0.4, 0.5) is 0 Å². The molecule has 1 amide bonds. The van der Waals surface area contributed by atoms with Gasteiger partial charge in [-0.1, -0.05) is 13.3 Å². The van der Waals surface area contributed by atoms with E-state index >= 15 is 0 Å². The van der Waals surface area contributed by atoms with Crippen molar-refractivity contribution in [3.05, 3.63) is 0 Å². The zero-order valence-corrected chi connectivity index (χ0v) is 14.5. The van der Waals surface area contributed by atoms with Gasteiger partial charge in [0.1, 0.15) is 0 Å². The minimum absolute atomic E-state index is 0. The van der Waals surface area contributed by atoms with E-state index in [4.69, 9.17) is 0 Å². The molecule has 6 heteroatoms. The highest BCUT2D eigenvalue weighted by atomic mass is 35.5. The standard InChI is InChI=1S/C15H27N3O.2ClH/c1-2-15(8-5-9-16-15)14(19)17-12-7-11-18-10-4-3-6-13(12)18;;/h12-13,16H,2-11H2,1H3,(H,17,19);2*1H. The average Bonchev–Trinajstić information content (AvgIpc) is 3.07. The summed E-state index contributed by atoms with van der Waals surface area (Å²) in [5, 5.41) is 6.81. The van der Waals surface area contributed by atoms with E-state index in [-0.39, 0.29) is 36.3 Å². The first-order chi connectivity index (χ1) is 9.25. The molecular weight excluding hydrogens is 309 g/mol. The van der Waals surface area contributed by atoms with E-state index in [0.717, 1.165) is 32.2 Å². The van der Waals surface area contributed by atoms with Gasteiger partial charge >= 0.3 is 0 Å². The monoisotopic (exact) mass is 337 g/mol. The number of rotatable bonds is 3. The topological polar surface area (TPSA) is 44.4 Å². The number of hydrogen-bond acceptors (Lipinski definition) is 3. The van der Waals surface area contributed by atoms with E-state index in [1.165, 1.54) is 32.4 Å². The number of hydrogen-bond donors (Lipinski definition) is 2. The summed E-state index contributed by atoms with van der Waals surface area (Å²) in [7, 11) is 0. The second-order valence-corrected chi connectivity index (χ2v) is 6.43. The Kier molecular flexibility index (Phi) is 7.25. The highest BCUT2D eigenvalue weighted by Crippen LogP contribution is 2.29. The van der Waals surface area contributed by atoms with E-state index in [9.17, 15) is 4.79 Å². The van der Waals surface area contributed by atoms with Crippen LogP contribution in [-0.2, 0) is 4.79 Å². The molecule has 3 rings (SSSR count). The van der Waals surface area contributed by atoms with Crippen LogP contribution in [-0.4, -0.2) is 48.1 Å². The first-order valence-electron chi connectivity index (χ1n) is 8.05. The summed E-state index contributed by atoms with van der Waals surface area (Å²) >= 11 is 0. The van der Waals surface area contributed by atoms with Crippen LogP contribution in [0.1, 0.15) is 51.9 Å². The van der Waals surface area contributed by atoms with Crippen LogP contribution in [0.5, 0.6) is 0 Å². The van der Waals surface area contributed by atoms with Gasteiger partial charge in [0.05, 0.1) is 5.54 Å². The van der Waals surface area contributed by atoms with Gasteiger partial charge in [0.2, 0.25) is 5.91 Å². The number of nitrogens with zero attached hydrogens (tertiary/aromatic N) is 1. The van der Waals surface area contributed by atoms with Crippen LogP contribution in [0.2, 0.25) is 0 Å². The maximum absolute atomic E-state index is 12.6. The second-order valence-electron chi connectivity index (χ2n) is 6.43. The molecule has 3 aliphatic rings. The van der Waals surface area contributed by atoms with Gasteiger partial charge in [0, 0.05) is 18.6 Å². The van der Waals surface area contributed by atoms with Gasteiger partial charge in [-0.3, -0.25) is 9.69 Å². The minimum atomic E-state index is -0.276. The summed E-state index contributed by atoms with van der Waals surface area (Å²) in [4.78, 5) is 15.2. The van der Waals surface area contributed by atoms with Gasteiger partial charge in [-0.2, -0.15) is 0 Å². The number of fused-ring (bicyclic) bond motifs is 1. The lowest BCUT2D eigenvalue weighted by molar-refractivity contribution is -0.128. The lowest BCUT2D eigenvalue weighted by Gasteiger charge is -2.34. The molecule has 3 unspecified atom stereocenters. The molecule has 4 nitrogen and oxygen atoms in total. The Balaban J connectivity index is 0.00000110. The Morgan fingerprint density at radius 1 is 1.24 bits per heavy atom. The molecule has 2 N–H and O–H groups in total. The van der Waals surface area contributed by atoms with Crippen LogP contribution in [0.25, 0.3) is 0 Å². The van der Waals surface area contributed by atoms with Crippen molar-refractivity contribution in [3.8, 4) is 0 Å². The largest absolute Gasteiger partial charge is 0.350 e. The Morgan fingerprint density at radius 2 is 2.05 bits per heavy atom. The van der Waals surface area contributed by atoms with Crippen molar-refractivity contribution in [2.45, 2.75) is 69.5 Å². The highest BCUT2D eigenvalue weighted by Gasteiger charge is 2.43. The quantitative estimate of drug-likeness (QED) is 0.828. The molecule has 3 atom stereocenters. The van der Waals surface area contributed by atoms with Gasteiger partial charge < -0.3 is 10.6 Å². The summed E-state index contributed by atoms with van der Waals surface area (Å²) in [5.41, 5.74) is -0.276. The van der Waals surface area contributed by atoms with E-state index < -0.39 is 0 Å². The Hall–Kier alpha value is -0.0300. The predicted molar refractivity (Wildman–Crippen MR) is 90.5 cm³/mol. The fourth-order valence-corrected chi connectivity index (χ4v) is 4.18. The zero-order valence-electron chi connectivity index (χ0n) is 12.9. The normalized spacial score (nSPS) is 35.5. The molecule has 3 aliphatic heterocycles. The molecule has 0 bridgehead atoms. The molecule has 0 aromatic carbocycles. The molecule has 0 radical (unpaired) electrons. The Labute approximate surface area is 140 Å². The number of amides is 1. The molecule has 3 heterocycles. The molecule has 0 aliphatic carbocycles. The van der Waals surface area contributed by atoms with Crippen molar-refractivity contribution < 1.29 is 4.79 Å². The summed E-state index contributed by atoms with van der Waals surface area (Å²) < 4.78 is 0. The molecule has 124 valence electrons. The van der Waals surface area contributed by atoms with E-state index in [0.29, 0.717) is 12.1 Å². The van der Waals surface area contributed by atoms with E-state index in [2.05, 4.69) is 22.5 Å². The van der Waals surface area contributed by atoms with Crippen LogP contribution in [0, 0.1) is 0 Å². The van der Waals surface area contributed by atoms with E-state index in [1.54, 1.807) is 0 Å². The average molecular weight is 338 g/mol. The summed E-state index contributed by atoms with van der Waals surface area (Å²) in [6.45, 7) is 5.51. The smallest absolute Gasteiger partial charge is 0.240 e. The minimum Gasteiger partial charge on any atom is -0.350 e. The highest BCUT2D eigenvalue weighted by molar-refractivity contribution is 5.87. The third kappa shape index (κ3) is 3.66. The molecule has 3 saturated heterocycles. The van der Waals surface area contributed by atoms with Gasteiger partial charge in [-0.15, -0.1) is 24.8 Å². The fourth-order valence-electron chi connectivity index (χ4n) is 4.18. The third-order valence-corrected chi connectivity index (χ3v) is 5.45. The van der Waals surface area contributed by atoms with Crippen molar-refractivity contribution in [2.75, 3.05) is 19.6 Å². The summed E-state index contributed by atoms with van der Waals surface area (Å²) in [6.07, 6.45) is 8.08. The van der Waals surface area contributed by atoms with Crippen molar-refractivity contribution in [3.63, 3.8) is 0 Å². The lowest BCUT2D eigenvalue weighted by atomic mass is 9.91. The van der Waals surface area contributed by atoms with Gasteiger partial charge in [0.25, 0.3) is 0 Å². The molecule has 3 fully saturated rings. The second kappa shape index (κ2) is 8.00. The van der Waals surface area contributed by atoms with Gasteiger partial charge in [-0.25, -0.2) is 0 Å². The number of carbonyl (C=O) groups is 1. The molecular formula is C15H29Cl2N3O. The SMILES string of the molecule is CCC1(C(=O)NC2CCN3CCCCC23)CCCN1.Cl.Cl. The molecule has 0 spiro atoms. The maximum Gasteiger partial charge on any atom is 0.240 e. The summed E-state index contributed by atoms with van der Waals surface area (Å²) in [5.74, 6) is 0.255. The van der Waals surface area contributed by atoms with Crippen molar-refractivity contribution in [2.24, 2.45) is 0 Å². The van der Waals surface area contributed by atoms with E-state index in [1.807, 2.05) is 0 Å². The van der Waals surface area contributed by atoms with Crippen LogP contribution < -0.4 is 10.6 Å². The fraction of sp³-hybridized carbons (Fsp3) is 0.933. The molecule has 0 aromatic heterocycles. The van der Waals surface area contributed by atoms with Gasteiger partial charge in [-0.05, 0) is 51.6 Å². The zero-order chi connectivity index (χ0) is 13.3. The first-order valence-corrected chi connectivity index (χ1v) is 8.05. The first kappa shape index (κ1) is 19.0. The third-order valence-electron chi connectivity index (χ3n) is 5.45. The van der Waals surface area contributed by atoms with Crippen molar-refractivity contribution in [1.82, 2.24) is 15.5 Å². The van der Waals surface area contributed by atoms with Crippen molar-refractivity contribution >= 4 is 30.7 Å². The molecule has 0 aromatic rings. The van der Waals surface area contributed by atoms with Gasteiger partial charge in [0.15, 0.2) is 0 Å². The van der Waals surface area contributed by atoms with Crippen LogP contribution in [0.15, 0.2) is 0 Å². The molecule has 0 saturated carbocycles. The number of piperidine rings is 1. The Bertz CT molecular complexity index is 348. The number of carbonyl (C=O) groups excluding carboxylic acids is 1. The lowest BCUT2D eigenvalue weighted by Crippen LogP contribution is -2.57.